The van der Waals surface area contributed by atoms with Crippen LogP contribution in [-0.2, 0) is 0 Å². The highest BCUT2D eigenvalue weighted by atomic mass is 35.5. The minimum absolute atomic E-state index is 0.188. The average Bonchev–Trinajstić information content (AvgIpc) is 2.05. The molecule has 0 aromatic heterocycles. The van der Waals surface area contributed by atoms with Gasteiger partial charge in [0.05, 0.1) is 4.92 Å². The quantitative estimate of drug-likeness (QED) is 0.459. The number of thioether (sulfide) groups is 1. The van der Waals surface area contributed by atoms with Crippen molar-refractivity contribution in [3.63, 3.8) is 0 Å². The molecule has 8 heteroatoms. The Morgan fingerprint density at radius 2 is 2.00 bits per heavy atom. The van der Waals surface area contributed by atoms with Crippen LogP contribution in [0.1, 0.15) is 0 Å². The molecule has 0 spiro atoms. The summed E-state index contributed by atoms with van der Waals surface area (Å²) in [7, 11) is 0. The third kappa shape index (κ3) is 3.60. The van der Waals surface area contributed by atoms with Crippen molar-refractivity contribution in [1.82, 2.24) is 0 Å². The second-order valence-corrected chi connectivity index (χ2v) is 3.96. The Kier molecular flexibility index (Phi) is 3.46. The number of hydrogen-bond donors (Lipinski definition) is 0. The highest BCUT2D eigenvalue weighted by Crippen LogP contribution is 2.39. The molecule has 0 unspecified atom stereocenters. The Balaban J connectivity index is 3.03. The van der Waals surface area contributed by atoms with Crippen molar-refractivity contribution < 1.29 is 18.1 Å². The van der Waals surface area contributed by atoms with Gasteiger partial charge >= 0.3 is 5.51 Å². The second kappa shape index (κ2) is 4.28. The van der Waals surface area contributed by atoms with Gasteiger partial charge in [0.25, 0.3) is 5.69 Å². The van der Waals surface area contributed by atoms with E-state index in [0.717, 1.165) is 18.2 Å². The molecule has 82 valence electrons. The van der Waals surface area contributed by atoms with Crippen LogP contribution in [0.25, 0.3) is 0 Å². The van der Waals surface area contributed by atoms with Crippen molar-refractivity contribution in [3.8, 4) is 0 Å². The van der Waals surface area contributed by atoms with Gasteiger partial charge in [0.2, 0.25) is 0 Å². The molecular weight excluding hydrogens is 255 g/mol. The maximum Gasteiger partial charge on any atom is 0.446 e. The summed E-state index contributed by atoms with van der Waals surface area (Å²) in [6.07, 6.45) is 0. The Hall–Kier alpha value is -0.950. The molecular formula is C7H3ClF3NO2S. The Labute approximate surface area is 91.4 Å². The van der Waals surface area contributed by atoms with Crippen LogP contribution in [-0.4, -0.2) is 10.4 Å². The van der Waals surface area contributed by atoms with Crippen LogP contribution in [0, 0.1) is 10.1 Å². The molecule has 0 radical (unpaired) electrons. The Morgan fingerprint density at radius 3 is 2.47 bits per heavy atom. The van der Waals surface area contributed by atoms with Gasteiger partial charge in [0.1, 0.15) is 5.02 Å². The van der Waals surface area contributed by atoms with Crippen LogP contribution in [0.3, 0.4) is 0 Å². The van der Waals surface area contributed by atoms with Gasteiger partial charge in [-0.1, -0.05) is 11.6 Å². The summed E-state index contributed by atoms with van der Waals surface area (Å²) in [5.74, 6) is 0. The van der Waals surface area contributed by atoms with E-state index < -0.39 is 27.9 Å². The first-order chi connectivity index (χ1) is 6.79. The van der Waals surface area contributed by atoms with Gasteiger partial charge in [-0.15, -0.1) is 0 Å². The van der Waals surface area contributed by atoms with Crippen LogP contribution >= 0.6 is 23.4 Å². The lowest BCUT2D eigenvalue weighted by molar-refractivity contribution is -0.384. The van der Waals surface area contributed by atoms with E-state index in [9.17, 15) is 23.3 Å². The molecule has 0 amide bonds. The minimum Gasteiger partial charge on any atom is -0.258 e. The van der Waals surface area contributed by atoms with E-state index in [-0.39, 0.29) is 9.92 Å². The minimum atomic E-state index is -4.47. The number of halogens is 4. The summed E-state index contributed by atoms with van der Waals surface area (Å²) in [6.45, 7) is 0. The number of nitro benzene ring substituents is 1. The van der Waals surface area contributed by atoms with Gasteiger partial charge in [-0.25, -0.2) is 0 Å². The van der Waals surface area contributed by atoms with Crippen molar-refractivity contribution >= 4 is 29.1 Å². The molecule has 1 aromatic rings. The summed E-state index contributed by atoms with van der Waals surface area (Å²) >= 11 is 5.01. The van der Waals surface area contributed by atoms with Gasteiger partial charge in [0, 0.05) is 11.0 Å². The molecule has 0 bridgehead atoms. The number of nitrogens with zero attached hydrogens (tertiary/aromatic N) is 1. The fourth-order valence-corrected chi connectivity index (χ4v) is 1.59. The molecule has 0 heterocycles. The maximum atomic E-state index is 11.9. The van der Waals surface area contributed by atoms with Crippen molar-refractivity contribution in [1.29, 1.82) is 0 Å². The first-order valence-corrected chi connectivity index (χ1v) is 4.69. The SMILES string of the molecule is O=[N+]([O-])c1cc(SC(F)(F)F)ccc1Cl. The number of rotatable bonds is 2. The number of alkyl halides is 3. The highest BCUT2D eigenvalue weighted by molar-refractivity contribution is 8.00. The molecule has 0 aliphatic rings. The van der Waals surface area contributed by atoms with Crippen molar-refractivity contribution in [2.45, 2.75) is 10.4 Å². The van der Waals surface area contributed by atoms with Gasteiger partial charge in [-0.2, -0.15) is 13.2 Å². The molecule has 0 fully saturated rings. The van der Waals surface area contributed by atoms with Crippen LogP contribution in [0.2, 0.25) is 5.02 Å². The molecule has 0 atom stereocenters. The topological polar surface area (TPSA) is 43.1 Å². The van der Waals surface area contributed by atoms with E-state index in [4.69, 9.17) is 11.6 Å². The van der Waals surface area contributed by atoms with Crippen molar-refractivity contribution in [3.05, 3.63) is 33.3 Å². The van der Waals surface area contributed by atoms with Crippen molar-refractivity contribution in [2.75, 3.05) is 0 Å². The van der Waals surface area contributed by atoms with E-state index >= 15 is 0 Å². The molecule has 3 nitrogen and oxygen atoms in total. The molecule has 0 aliphatic heterocycles. The predicted molar refractivity (Wildman–Crippen MR) is 50.0 cm³/mol. The number of nitro groups is 1. The van der Waals surface area contributed by atoms with E-state index in [1.807, 2.05) is 0 Å². The van der Waals surface area contributed by atoms with E-state index in [2.05, 4.69) is 0 Å². The molecule has 0 saturated carbocycles. The third-order valence-corrected chi connectivity index (χ3v) is 2.39. The summed E-state index contributed by atoms with van der Waals surface area (Å²) < 4.78 is 35.8. The third-order valence-electron chi connectivity index (χ3n) is 1.35. The second-order valence-electron chi connectivity index (χ2n) is 2.42. The van der Waals surface area contributed by atoms with Crippen LogP contribution < -0.4 is 0 Å². The zero-order valence-electron chi connectivity index (χ0n) is 6.92. The normalized spacial score (nSPS) is 11.5. The maximum absolute atomic E-state index is 11.9. The molecule has 15 heavy (non-hydrogen) atoms. The molecule has 1 aromatic carbocycles. The summed E-state index contributed by atoms with van der Waals surface area (Å²) in [4.78, 5) is 9.27. The zero-order chi connectivity index (χ0) is 11.6. The fourth-order valence-electron chi connectivity index (χ4n) is 0.830. The van der Waals surface area contributed by atoms with Gasteiger partial charge in [-0.3, -0.25) is 10.1 Å². The van der Waals surface area contributed by atoms with E-state index in [1.165, 1.54) is 0 Å². The summed E-state index contributed by atoms with van der Waals surface area (Å²) in [6, 6.07) is 2.93. The lowest BCUT2D eigenvalue weighted by Gasteiger charge is -2.05. The zero-order valence-corrected chi connectivity index (χ0v) is 8.49. The molecule has 0 aliphatic carbocycles. The van der Waals surface area contributed by atoms with Gasteiger partial charge in [0.15, 0.2) is 0 Å². The lowest BCUT2D eigenvalue weighted by atomic mass is 10.3. The molecule has 0 N–H and O–H groups in total. The van der Waals surface area contributed by atoms with Crippen LogP contribution in [0.15, 0.2) is 23.1 Å². The van der Waals surface area contributed by atoms with E-state index in [1.54, 1.807) is 0 Å². The number of benzene rings is 1. The smallest absolute Gasteiger partial charge is 0.258 e. The lowest BCUT2D eigenvalue weighted by Crippen LogP contribution is -1.99. The predicted octanol–water partition coefficient (Wildman–Crippen LogP) is 3.86. The first-order valence-electron chi connectivity index (χ1n) is 3.49. The Bertz CT molecular complexity index is 396. The fraction of sp³-hybridized carbons (Fsp3) is 0.143. The van der Waals surface area contributed by atoms with E-state index in [0.29, 0.717) is 0 Å². The average molecular weight is 258 g/mol. The standard InChI is InChI=1S/C7H3ClF3NO2S/c8-5-2-1-4(15-7(9,10)11)3-6(5)12(13)14/h1-3H. The van der Waals surface area contributed by atoms with Gasteiger partial charge in [-0.05, 0) is 23.9 Å². The first kappa shape index (κ1) is 12.1. The highest BCUT2D eigenvalue weighted by Gasteiger charge is 2.30. The summed E-state index contributed by atoms with van der Waals surface area (Å²) in [5, 5.41) is 10.2. The molecule has 1 rings (SSSR count). The van der Waals surface area contributed by atoms with Crippen LogP contribution in [0.4, 0.5) is 18.9 Å². The number of hydrogen-bond acceptors (Lipinski definition) is 3. The van der Waals surface area contributed by atoms with Crippen molar-refractivity contribution in [2.24, 2.45) is 0 Å². The summed E-state index contributed by atoms with van der Waals surface area (Å²) in [5.41, 5.74) is -5.01. The van der Waals surface area contributed by atoms with Gasteiger partial charge < -0.3 is 0 Å². The van der Waals surface area contributed by atoms with Crippen LogP contribution in [0.5, 0.6) is 0 Å². The molecule has 0 saturated heterocycles. The Morgan fingerprint density at radius 1 is 1.40 bits per heavy atom. The largest absolute Gasteiger partial charge is 0.446 e. The monoisotopic (exact) mass is 257 g/mol.